The summed E-state index contributed by atoms with van der Waals surface area (Å²) >= 11 is 0. The van der Waals surface area contributed by atoms with Crippen LogP contribution in [0.3, 0.4) is 0 Å². The first kappa shape index (κ1) is 18.7. The third kappa shape index (κ3) is 3.45. The zero-order valence-corrected chi connectivity index (χ0v) is 15.9. The van der Waals surface area contributed by atoms with Gasteiger partial charge in [-0.3, -0.25) is 0 Å². The van der Waals surface area contributed by atoms with Crippen molar-refractivity contribution in [1.29, 1.82) is 0 Å². The zero-order chi connectivity index (χ0) is 19.4. The molecule has 0 spiro atoms. The molecule has 3 aromatic rings. The molecule has 5 heteroatoms. The van der Waals surface area contributed by atoms with Gasteiger partial charge in [-0.05, 0) is 37.1 Å². The van der Waals surface area contributed by atoms with Gasteiger partial charge < -0.3 is 14.6 Å². The van der Waals surface area contributed by atoms with Gasteiger partial charge in [-0.15, -0.1) is 13.2 Å². The summed E-state index contributed by atoms with van der Waals surface area (Å²) in [7, 11) is 0. The third-order valence-corrected chi connectivity index (χ3v) is 4.61. The van der Waals surface area contributed by atoms with Crippen molar-refractivity contribution in [3.63, 3.8) is 0 Å². The van der Waals surface area contributed by atoms with E-state index in [2.05, 4.69) is 46.2 Å². The summed E-state index contributed by atoms with van der Waals surface area (Å²) in [5.41, 5.74) is 4.33. The summed E-state index contributed by atoms with van der Waals surface area (Å²) in [4.78, 5) is 22.3. The van der Waals surface area contributed by atoms with Crippen molar-refractivity contribution in [3.05, 3.63) is 61.0 Å². The molecule has 27 heavy (non-hydrogen) atoms. The molecule has 5 nitrogen and oxygen atoms in total. The zero-order valence-electron chi connectivity index (χ0n) is 15.9. The van der Waals surface area contributed by atoms with E-state index in [-0.39, 0.29) is 5.97 Å². The number of esters is 1. The average Bonchev–Trinajstić information content (AvgIpc) is 3.05. The average molecular weight is 363 g/mol. The number of nitrogens with one attached hydrogen (secondary N) is 1. The molecule has 2 heterocycles. The molecule has 0 bridgehead atoms. The summed E-state index contributed by atoms with van der Waals surface area (Å²) in [5.74, 6) is -0.373. The lowest BCUT2D eigenvalue weighted by Crippen LogP contribution is -2.22. The van der Waals surface area contributed by atoms with Crippen LogP contribution in [0.5, 0.6) is 0 Å². The van der Waals surface area contributed by atoms with Crippen LogP contribution < -0.4 is 4.90 Å². The van der Waals surface area contributed by atoms with Crippen LogP contribution in [0, 0.1) is 0 Å². The van der Waals surface area contributed by atoms with E-state index in [4.69, 9.17) is 4.74 Å². The minimum Gasteiger partial charge on any atom is -0.461 e. The molecule has 0 aliphatic carbocycles. The van der Waals surface area contributed by atoms with Gasteiger partial charge >= 0.3 is 5.97 Å². The van der Waals surface area contributed by atoms with Crippen LogP contribution in [0.2, 0.25) is 0 Å². The molecule has 140 valence electrons. The number of aryl methyl sites for hydroxylation is 1. The number of carbonyl (C=O) groups excluding carboxylic acids is 1. The molecule has 0 fully saturated rings. The minimum atomic E-state index is -0.373. The van der Waals surface area contributed by atoms with E-state index in [1.165, 1.54) is 0 Å². The maximum Gasteiger partial charge on any atom is 0.357 e. The van der Waals surface area contributed by atoms with Crippen LogP contribution in [0.25, 0.3) is 21.8 Å². The molecule has 0 unspecified atom stereocenters. The highest BCUT2D eigenvalue weighted by molar-refractivity contribution is 6.12. The highest BCUT2D eigenvalue weighted by Gasteiger charge is 2.19. The highest BCUT2D eigenvalue weighted by Crippen LogP contribution is 2.33. The van der Waals surface area contributed by atoms with Gasteiger partial charge in [-0.25, -0.2) is 9.78 Å². The Hall–Kier alpha value is -3.08. The quantitative estimate of drug-likeness (QED) is 0.468. The van der Waals surface area contributed by atoms with Crippen LogP contribution >= 0.6 is 0 Å². The number of anilines is 1. The molecule has 0 radical (unpaired) electrons. The maximum absolute atomic E-state index is 12.3. The number of benzene rings is 1. The second kappa shape index (κ2) is 8.08. The van der Waals surface area contributed by atoms with E-state index in [9.17, 15) is 4.79 Å². The predicted molar refractivity (Wildman–Crippen MR) is 112 cm³/mol. The van der Waals surface area contributed by atoms with Crippen molar-refractivity contribution < 1.29 is 9.53 Å². The summed E-state index contributed by atoms with van der Waals surface area (Å²) in [6, 6.07) is 6.29. The highest BCUT2D eigenvalue weighted by atomic mass is 16.5. The Morgan fingerprint density at radius 3 is 2.59 bits per heavy atom. The lowest BCUT2D eigenvalue weighted by molar-refractivity contribution is 0.0518. The fraction of sp³-hybridized carbons (Fsp3) is 0.273. The van der Waals surface area contributed by atoms with Crippen LogP contribution in [-0.2, 0) is 11.2 Å². The van der Waals surface area contributed by atoms with Gasteiger partial charge in [0.05, 0.1) is 18.3 Å². The number of rotatable bonds is 8. The first-order chi connectivity index (χ1) is 13.1. The molecule has 0 saturated carbocycles. The van der Waals surface area contributed by atoms with Crippen molar-refractivity contribution in [2.45, 2.75) is 20.3 Å². The van der Waals surface area contributed by atoms with E-state index < -0.39 is 0 Å². The van der Waals surface area contributed by atoms with Crippen LogP contribution in [0.1, 0.15) is 29.9 Å². The van der Waals surface area contributed by atoms with Gasteiger partial charge in [0.1, 0.15) is 0 Å². The Kier molecular flexibility index (Phi) is 5.60. The fourth-order valence-corrected chi connectivity index (χ4v) is 3.46. The summed E-state index contributed by atoms with van der Waals surface area (Å²) in [6.45, 7) is 13.3. The number of hydrogen-bond acceptors (Lipinski definition) is 4. The van der Waals surface area contributed by atoms with Crippen LogP contribution in [-0.4, -0.2) is 35.6 Å². The molecule has 3 rings (SSSR count). The fourth-order valence-electron chi connectivity index (χ4n) is 3.46. The molecule has 1 N–H and O–H groups in total. The van der Waals surface area contributed by atoms with Gasteiger partial charge in [0.25, 0.3) is 0 Å². The van der Waals surface area contributed by atoms with Gasteiger partial charge in [0, 0.05) is 35.1 Å². The summed E-state index contributed by atoms with van der Waals surface area (Å²) in [6.07, 6.45) is 6.16. The Labute approximate surface area is 159 Å². The Bertz CT molecular complexity index is 994. The van der Waals surface area contributed by atoms with E-state index in [0.717, 1.165) is 46.1 Å². The first-order valence-corrected chi connectivity index (χ1v) is 9.21. The molecule has 1 aromatic carbocycles. The molecular weight excluding hydrogens is 338 g/mol. The van der Waals surface area contributed by atoms with Gasteiger partial charge in [-0.2, -0.15) is 0 Å². The molecule has 0 atom stereocenters. The molecule has 0 aliphatic rings. The minimum absolute atomic E-state index is 0.331. The number of carbonyl (C=O) groups is 1. The van der Waals surface area contributed by atoms with Crippen LogP contribution in [0.4, 0.5) is 5.69 Å². The van der Waals surface area contributed by atoms with E-state index in [1.807, 2.05) is 19.1 Å². The molecule has 0 saturated heterocycles. The lowest BCUT2D eigenvalue weighted by atomic mass is 10.0. The molecular formula is C22H25N3O2. The van der Waals surface area contributed by atoms with Crippen molar-refractivity contribution in [1.82, 2.24) is 9.97 Å². The van der Waals surface area contributed by atoms with E-state index in [0.29, 0.717) is 18.7 Å². The Balaban J connectivity index is 2.23. The largest absolute Gasteiger partial charge is 0.461 e. The number of H-pyrrole nitrogens is 1. The number of hydrogen-bond donors (Lipinski definition) is 1. The summed E-state index contributed by atoms with van der Waals surface area (Å²) in [5, 5.41) is 2.11. The third-order valence-electron chi connectivity index (χ3n) is 4.61. The standard InChI is InChI=1S/C22H25N3O2/c1-5-11-25(12-6-2)15-9-10-18-17(13-15)20-16(7-3)21(22(26)27-8-4)23-14-19(20)24-18/h5-6,9-10,13-14,24H,1-2,7-8,11-12H2,3-4H3. The first-order valence-electron chi connectivity index (χ1n) is 9.21. The second-order valence-corrected chi connectivity index (χ2v) is 6.29. The van der Waals surface area contributed by atoms with Crippen molar-refractivity contribution >= 4 is 33.5 Å². The van der Waals surface area contributed by atoms with Gasteiger partial charge in [0.2, 0.25) is 0 Å². The van der Waals surface area contributed by atoms with Gasteiger partial charge in [-0.1, -0.05) is 19.1 Å². The maximum atomic E-state index is 12.3. The van der Waals surface area contributed by atoms with E-state index in [1.54, 1.807) is 13.1 Å². The molecule has 0 amide bonds. The van der Waals surface area contributed by atoms with E-state index >= 15 is 0 Å². The van der Waals surface area contributed by atoms with Gasteiger partial charge in [0.15, 0.2) is 5.69 Å². The Morgan fingerprint density at radius 1 is 1.22 bits per heavy atom. The van der Waals surface area contributed by atoms with Crippen LogP contribution in [0.15, 0.2) is 49.7 Å². The predicted octanol–water partition coefficient (Wildman–Crippen LogP) is 4.63. The number of aromatic amines is 1. The number of aromatic nitrogens is 2. The Morgan fingerprint density at radius 2 is 1.96 bits per heavy atom. The second-order valence-electron chi connectivity index (χ2n) is 6.29. The monoisotopic (exact) mass is 363 g/mol. The van der Waals surface area contributed by atoms with Crippen molar-refractivity contribution in [3.8, 4) is 0 Å². The molecule has 0 aliphatic heterocycles. The number of ether oxygens (including phenoxy) is 1. The SMILES string of the molecule is C=CCN(CC=C)c1ccc2[nH]c3cnc(C(=O)OCC)c(CC)c3c2c1. The normalized spacial score (nSPS) is 10.9. The van der Waals surface area contributed by atoms with Crippen molar-refractivity contribution in [2.24, 2.45) is 0 Å². The number of pyridine rings is 1. The lowest BCUT2D eigenvalue weighted by Gasteiger charge is -2.21. The number of fused-ring (bicyclic) bond motifs is 3. The topological polar surface area (TPSA) is 58.2 Å². The number of nitrogens with zero attached hydrogens (tertiary/aromatic N) is 2. The smallest absolute Gasteiger partial charge is 0.357 e. The van der Waals surface area contributed by atoms with Crippen molar-refractivity contribution in [2.75, 3.05) is 24.6 Å². The summed E-state index contributed by atoms with van der Waals surface area (Å²) < 4.78 is 5.19. The molecule has 2 aromatic heterocycles.